The minimum absolute atomic E-state index is 0.0384. The molecule has 3 aromatic rings. The van der Waals surface area contributed by atoms with Crippen LogP contribution in [0.15, 0.2) is 59.4 Å². The maximum atomic E-state index is 12.9. The van der Waals surface area contributed by atoms with Crippen LogP contribution in [0.25, 0.3) is 16.8 Å². The van der Waals surface area contributed by atoms with Gasteiger partial charge in [-0.3, -0.25) is 25.2 Å². The van der Waals surface area contributed by atoms with Crippen LogP contribution in [0.1, 0.15) is 29.4 Å². The molecule has 0 atom stereocenters. The summed E-state index contributed by atoms with van der Waals surface area (Å²) in [5.41, 5.74) is 4.96. The second-order valence-electron chi connectivity index (χ2n) is 6.25. The van der Waals surface area contributed by atoms with Crippen LogP contribution in [-0.4, -0.2) is 21.6 Å². The molecule has 29 heavy (non-hydrogen) atoms. The molecular formula is C21H19FN4O3. The molecule has 0 fully saturated rings. The molecule has 2 N–H and O–H groups in total. The number of carbonyl (C=O) groups is 2. The van der Waals surface area contributed by atoms with Gasteiger partial charge < -0.3 is 0 Å². The molecule has 0 saturated heterocycles. The van der Waals surface area contributed by atoms with E-state index in [0.717, 1.165) is 0 Å². The van der Waals surface area contributed by atoms with E-state index in [1.807, 2.05) is 6.92 Å². The van der Waals surface area contributed by atoms with Gasteiger partial charge in [0.25, 0.3) is 17.4 Å². The van der Waals surface area contributed by atoms with Crippen molar-refractivity contribution in [2.45, 2.75) is 19.9 Å². The van der Waals surface area contributed by atoms with Crippen molar-refractivity contribution in [3.05, 3.63) is 82.0 Å². The smallest absolute Gasteiger partial charge is 0.268 e. The van der Waals surface area contributed by atoms with Crippen LogP contribution in [0.4, 0.5) is 4.39 Å². The van der Waals surface area contributed by atoms with E-state index in [1.54, 1.807) is 24.3 Å². The summed E-state index contributed by atoms with van der Waals surface area (Å²) in [5, 5.41) is 4.94. The van der Waals surface area contributed by atoms with E-state index in [1.165, 1.54) is 41.1 Å². The fraction of sp³-hybridized carbons (Fsp3) is 0.143. The first kappa shape index (κ1) is 19.9. The van der Waals surface area contributed by atoms with Gasteiger partial charge in [-0.25, -0.2) is 9.07 Å². The highest BCUT2D eigenvalue weighted by Crippen LogP contribution is 2.13. The van der Waals surface area contributed by atoms with Gasteiger partial charge in [-0.2, -0.15) is 5.10 Å². The number of hydrogen-bond donors (Lipinski definition) is 2. The zero-order valence-electron chi connectivity index (χ0n) is 15.7. The standard InChI is InChI=1S/C21H19FN4O3/c1-2-13-26-21(29)17-6-4-3-5-16(17)19(25-26)20(28)24-23-18(27)12-9-14-7-10-15(22)11-8-14/h3-12H,2,13H2,1H3,(H,23,27)(H,24,28)/b12-9+. The summed E-state index contributed by atoms with van der Waals surface area (Å²) in [6, 6.07) is 12.3. The van der Waals surface area contributed by atoms with E-state index in [4.69, 9.17) is 0 Å². The Hall–Kier alpha value is -3.81. The van der Waals surface area contributed by atoms with Gasteiger partial charge in [0, 0.05) is 18.0 Å². The van der Waals surface area contributed by atoms with Crippen LogP contribution in [0, 0.1) is 5.82 Å². The van der Waals surface area contributed by atoms with Gasteiger partial charge >= 0.3 is 0 Å². The fourth-order valence-corrected chi connectivity index (χ4v) is 2.73. The van der Waals surface area contributed by atoms with Crippen LogP contribution in [0.3, 0.4) is 0 Å². The van der Waals surface area contributed by atoms with E-state index < -0.39 is 11.8 Å². The Morgan fingerprint density at radius 2 is 1.76 bits per heavy atom. The minimum Gasteiger partial charge on any atom is -0.268 e. The summed E-state index contributed by atoms with van der Waals surface area (Å²) < 4.78 is 14.1. The second-order valence-corrected chi connectivity index (χ2v) is 6.25. The third-order valence-electron chi connectivity index (χ3n) is 4.11. The van der Waals surface area contributed by atoms with Gasteiger partial charge in [0.05, 0.1) is 5.39 Å². The van der Waals surface area contributed by atoms with Crippen LogP contribution >= 0.6 is 0 Å². The maximum Gasteiger partial charge on any atom is 0.290 e. The number of halogens is 1. The van der Waals surface area contributed by atoms with Crippen LogP contribution in [0.5, 0.6) is 0 Å². The topological polar surface area (TPSA) is 93.1 Å². The lowest BCUT2D eigenvalue weighted by molar-refractivity contribution is -0.117. The Morgan fingerprint density at radius 1 is 1.07 bits per heavy atom. The van der Waals surface area contributed by atoms with Crippen molar-refractivity contribution in [3.63, 3.8) is 0 Å². The number of amides is 2. The fourth-order valence-electron chi connectivity index (χ4n) is 2.73. The summed E-state index contributed by atoms with van der Waals surface area (Å²) in [6.07, 6.45) is 3.37. The molecule has 0 spiro atoms. The number of benzene rings is 2. The average Bonchev–Trinajstić information content (AvgIpc) is 2.73. The molecule has 0 radical (unpaired) electrons. The highest BCUT2D eigenvalue weighted by Gasteiger charge is 2.16. The molecule has 3 rings (SSSR count). The number of hydrogen-bond acceptors (Lipinski definition) is 4. The predicted molar refractivity (Wildman–Crippen MR) is 107 cm³/mol. The first-order valence-corrected chi connectivity index (χ1v) is 9.03. The number of carbonyl (C=O) groups excluding carboxylic acids is 2. The molecule has 7 nitrogen and oxygen atoms in total. The molecule has 0 aliphatic rings. The molecule has 0 aliphatic carbocycles. The molecule has 0 saturated carbocycles. The third kappa shape index (κ3) is 4.73. The second kappa shape index (κ2) is 8.92. The van der Waals surface area contributed by atoms with Gasteiger partial charge in [-0.15, -0.1) is 0 Å². The SMILES string of the molecule is CCCn1nc(C(=O)NNC(=O)/C=C/c2ccc(F)cc2)c2ccccc2c1=O. The quantitative estimate of drug-likeness (QED) is 0.513. The summed E-state index contributed by atoms with van der Waals surface area (Å²) in [4.78, 5) is 37.0. The van der Waals surface area contributed by atoms with Crippen molar-refractivity contribution in [1.29, 1.82) is 0 Å². The lowest BCUT2D eigenvalue weighted by Gasteiger charge is -2.10. The Bertz CT molecular complexity index is 1140. The highest BCUT2D eigenvalue weighted by atomic mass is 19.1. The maximum absolute atomic E-state index is 12.9. The Morgan fingerprint density at radius 3 is 2.45 bits per heavy atom. The highest BCUT2D eigenvalue weighted by molar-refractivity contribution is 6.05. The predicted octanol–water partition coefficient (Wildman–Crippen LogP) is 2.42. The van der Waals surface area contributed by atoms with Crippen LogP contribution in [0.2, 0.25) is 0 Å². The summed E-state index contributed by atoms with van der Waals surface area (Å²) in [6.45, 7) is 2.27. The van der Waals surface area contributed by atoms with Crippen LogP contribution < -0.4 is 16.4 Å². The van der Waals surface area contributed by atoms with Crippen molar-refractivity contribution in [1.82, 2.24) is 20.6 Å². The molecular weight excluding hydrogens is 375 g/mol. The first-order chi connectivity index (χ1) is 14.0. The number of nitrogens with one attached hydrogen (secondary N) is 2. The van der Waals surface area contributed by atoms with Crippen molar-refractivity contribution in [3.8, 4) is 0 Å². The number of aryl methyl sites for hydroxylation is 1. The number of nitrogens with zero attached hydrogens (tertiary/aromatic N) is 2. The normalized spacial score (nSPS) is 11.0. The first-order valence-electron chi connectivity index (χ1n) is 9.03. The largest absolute Gasteiger partial charge is 0.290 e. The summed E-state index contributed by atoms with van der Waals surface area (Å²) in [7, 11) is 0. The number of hydrazine groups is 1. The van der Waals surface area contributed by atoms with Gasteiger partial charge in [0.2, 0.25) is 0 Å². The molecule has 1 aromatic heterocycles. The van der Waals surface area contributed by atoms with E-state index in [2.05, 4.69) is 16.0 Å². The number of fused-ring (bicyclic) bond motifs is 1. The minimum atomic E-state index is -0.644. The van der Waals surface area contributed by atoms with Crippen molar-refractivity contribution in [2.75, 3.05) is 0 Å². The van der Waals surface area contributed by atoms with Crippen molar-refractivity contribution < 1.29 is 14.0 Å². The number of rotatable bonds is 5. The molecule has 148 valence electrons. The zero-order valence-corrected chi connectivity index (χ0v) is 15.7. The van der Waals surface area contributed by atoms with E-state index in [-0.39, 0.29) is 17.1 Å². The van der Waals surface area contributed by atoms with Gasteiger partial charge in [-0.05, 0) is 36.3 Å². The van der Waals surface area contributed by atoms with E-state index >= 15 is 0 Å². The molecule has 8 heteroatoms. The lowest BCUT2D eigenvalue weighted by Crippen LogP contribution is -2.42. The van der Waals surface area contributed by atoms with E-state index in [0.29, 0.717) is 29.3 Å². The summed E-state index contributed by atoms with van der Waals surface area (Å²) in [5.74, 6) is -1.59. The van der Waals surface area contributed by atoms with Gasteiger partial charge in [0.1, 0.15) is 5.82 Å². The van der Waals surface area contributed by atoms with Crippen LogP contribution in [-0.2, 0) is 11.3 Å². The summed E-state index contributed by atoms with van der Waals surface area (Å²) >= 11 is 0. The Labute approximate surface area is 165 Å². The zero-order chi connectivity index (χ0) is 20.8. The monoisotopic (exact) mass is 394 g/mol. The lowest BCUT2D eigenvalue weighted by atomic mass is 10.1. The molecule has 0 unspecified atom stereocenters. The molecule has 1 heterocycles. The molecule has 2 aromatic carbocycles. The average molecular weight is 394 g/mol. The van der Waals surface area contributed by atoms with Gasteiger partial charge in [0.15, 0.2) is 5.69 Å². The Balaban J connectivity index is 1.76. The van der Waals surface area contributed by atoms with Crippen molar-refractivity contribution >= 4 is 28.7 Å². The molecule has 0 aliphatic heterocycles. The molecule has 0 bridgehead atoms. The van der Waals surface area contributed by atoms with Crippen molar-refractivity contribution in [2.24, 2.45) is 0 Å². The van der Waals surface area contributed by atoms with E-state index in [9.17, 15) is 18.8 Å². The Kier molecular flexibility index (Phi) is 6.13. The van der Waals surface area contributed by atoms with Gasteiger partial charge in [-0.1, -0.05) is 37.3 Å². The molecule has 2 amide bonds. The third-order valence-corrected chi connectivity index (χ3v) is 4.11. The number of aromatic nitrogens is 2.